The number of nitrogens with two attached hydrogens (primary N) is 1. The first-order chi connectivity index (χ1) is 11.2. The Morgan fingerprint density at radius 2 is 2.09 bits per heavy atom. The second-order valence-corrected chi connectivity index (χ2v) is 5.55. The summed E-state index contributed by atoms with van der Waals surface area (Å²) in [6, 6.07) is 10.6. The molecule has 2 heterocycles. The molecule has 1 fully saturated rings. The van der Waals surface area contributed by atoms with Gasteiger partial charge in [0.15, 0.2) is 0 Å². The molecule has 2 aliphatic heterocycles. The molecule has 0 bridgehead atoms. The smallest absolute Gasteiger partial charge is 0.149 e. The van der Waals surface area contributed by atoms with E-state index in [-0.39, 0.29) is 0 Å². The Morgan fingerprint density at radius 3 is 2.74 bits per heavy atom. The van der Waals surface area contributed by atoms with Crippen LogP contribution in [0.15, 0.2) is 46.6 Å². The number of nitrogen functional groups attached to an aromatic ring is 1. The maximum atomic E-state index is 5.77. The lowest BCUT2D eigenvalue weighted by atomic mass is 10.1. The number of amidine groups is 1. The molecule has 0 saturated carbocycles. The third kappa shape index (κ3) is 3.22. The van der Waals surface area contributed by atoms with Crippen molar-refractivity contribution in [3.05, 3.63) is 47.2 Å². The fraction of sp³-hybridized carbons (Fsp3) is 0.278. The topological polar surface area (TPSA) is 65.7 Å². The third-order valence-corrected chi connectivity index (χ3v) is 4.02. The van der Waals surface area contributed by atoms with Gasteiger partial charge >= 0.3 is 0 Å². The van der Waals surface area contributed by atoms with E-state index < -0.39 is 0 Å². The molecule has 0 amide bonds. The first-order valence-electron chi connectivity index (χ1n) is 7.70. The number of allylic oxidation sites excluding steroid dienone is 1. The number of hydrogen-bond acceptors (Lipinski definition) is 4. The average molecular weight is 307 g/mol. The molecule has 0 aromatic heterocycles. The quantitative estimate of drug-likeness (QED) is 0.575. The van der Waals surface area contributed by atoms with E-state index in [0.717, 1.165) is 48.1 Å². The number of anilines is 1. The van der Waals surface area contributed by atoms with Gasteiger partial charge in [0.1, 0.15) is 5.84 Å². The fourth-order valence-corrected chi connectivity index (χ4v) is 2.70. The highest BCUT2D eigenvalue weighted by molar-refractivity contribution is 6.12. The van der Waals surface area contributed by atoms with Crippen LogP contribution in [0.3, 0.4) is 0 Å². The van der Waals surface area contributed by atoms with Gasteiger partial charge in [-0.15, -0.1) is 0 Å². The molecule has 3 rings (SSSR count). The van der Waals surface area contributed by atoms with E-state index in [2.05, 4.69) is 45.5 Å². The monoisotopic (exact) mass is 307 g/mol. The Kier molecular flexibility index (Phi) is 4.35. The van der Waals surface area contributed by atoms with Crippen LogP contribution >= 0.6 is 0 Å². The summed E-state index contributed by atoms with van der Waals surface area (Å²) in [5, 5.41) is 6.73. The number of nitrogens with zero attached hydrogens (tertiary/aromatic N) is 2. The van der Waals surface area contributed by atoms with Gasteiger partial charge in [0.2, 0.25) is 0 Å². The third-order valence-electron chi connectivity index (χ3n) is 4.02. The summed E-state index contributed by atoms with van der Waals surface area (Å²) in [5.41, 5.74) is 10.9. The number of rotatable bonds is 2. The molecule has 1 aromatic carbocycles. The van der Waals surface area contributed by atoms with Crippen molar-refractivity contribution in [3.63, 3.8) is 0 Å². The van der Waals surface area contributed by atoms with Gasteiger partial charge in [-0.2, -0.15) is 4.99 Å². The van der Waals surface area contributed by atoms with Crippen molar-refractivity contribution in [1.82, 2.24) is 15.5 Å². The summed E-state index contributed by atoms with van der Waals surface area (Å²) in [7, 11) is 0. The Morgan fingerprint density at radius 1 is 1.30 bits per heavy atom. The molecular formula is C18H21N5. The lowest BCUT2D eigenvalue weighted by Gasteiger charge is -2.19. The molecule has 0 aliphatic carbocycles. The molecule has 0 radical (unpaired) electrons. The Labute approximate surface area is 137 Å². The normalized spacial score (nSPS) is 20.9. The summed E-state index contributed by atoms with van der Waals surface area (Å²) in [6.07, 6.45) is 2.13. The van der Waals surface area contributed by atoms with Crippen LogP contribution in [-0.2, 0) is 0 Å². The van der Waals surface area contributed by atoms with Gasteiger partial charge in [0.25, 0.3) is 0 Å². The van der Waals surface area contributed by atoms with Crippen LogP contribution in [-0.4, -0.2) is 30.5 Å². The maximum absolute atomic E-state index is 5.77. The summed E-state index contributed by atoms with van der Waals surface area (Å²) in [6.45, 7) is 6.79. The minimum Gasteiger partial charge on any atom is -0.399 e. The van der Waals surface area contributed by atoms with Gasteiger partial charge in [-0.25, -0.2) is 0 Å². The van der Waals surface area contributed by atoms with Crippen molar-refractivity contribution in [1.29, 1.82) is 0 Å². The Hall–Kier alpha value is -2.71. The molecule has 5 nitrogen and oxygen atoms in total. The number of nitrogens with one attached hydrogen (secondary N) is 2. The van der Waals surface area contributed by atoms with Crippen molar-refractivity contribution < 1.29 is 0 Å². The van der Waals surface area contributed by atoms with Crippen molar-refractivity contribution in [2.75, 3.05) is 25.5 Å². The van der Waals surface area contributed by atoms with Gasteiger partial charge in [0.05, 0.1) is 6.67 Å². The minimum atomic E-state index is 0.758. The lowest BCUT2D eigenvalue weighted by Crippen LogP contribution is -2.24. The summed E-state index contributed by atoms with van der Waals surface area (Å²) in [5.74, 6) is 3.62. The van der Waals surface area contributed by atoms with Crippen LogP contribution in [0, 0.1) is 12.0 Å². The molecular weight excluding hydrogens is 286 g/mol. The minimum absolute atomic E-state index is 0.758. The van der Waals surface area contributed by atoms with Crippen LogP contribution in [0.4, 0.5) is 5.69 Å². The van der Waals surface area contributed by atoms with Crippen LogP contribution in [0.1, 0.15) is 19.4 Å². The van der Waals surface area contributed by atoms with Gasteiger partial charge in [0, 0.05) is 41.8 Å². The van der Waals surface area contributed by atoms with Crippen molar-refractivity contribution in [3.8, 4) is 12.0 Å². The van der Waals surface area contributed by atoms with Crippen LogP contribution in [0.25, 0.3) is 5.70 Å². The van der Waals surface area contributed by atoms with E-state index in [1.165, 1.54) is 5.70 Å². The molecule has 118 valence electrons. The van der Waals surface area contributed by atoms with E-state index in [1.807, 2.05) is 24.3 Å². The van der Waals surface area contributed by atoms with Crippen LogP contribution in [0.2, 0.25) is 0 Å². The Bertz CT molecular complexity index is 738. The molecule has 2 aliphatic rings. The summed E-state index contributed by atoms with van der Waals surface area (Å²) in [4.78, 5) is 6.69. The van der Waals surface area contributed by atoms with E-state index in [4.69, 9.17) is 5.73 Å². The molecule has 0 atom stereocenters. The van der Waals surface area contributed by atoms with Gasteiger partial charge < -0.3 is 16.0 Å². The SMILES string of the molecule is CC#CN=C1NC(c2ccc(N)cc2)=C/C1=C(/C)N1CCNC1. The molecule has 23 heavy (non-hydrogen) atoms. The zero-order chi connectivity index (χ0) is 16.2. The predicted molar refractivity (Wildman–Crippen MR) is 95.1 cm³/mol. The van der Waals surface area contributed by atoms with Crippen LogP contribution in [0.5, 0.6) is 0 Å². The Balaban J connectivity index is 1.99. The van der Waals surface area contributed by atoms with Crippen molar-refractivity contribution in [2.45, 2.75) is 13.8 Å². The number of hydrogen-bond donors (Lipinski definition) is 3. The number of benzene rings is 1. The van der Waals surface area contributed by atoms with E-state index in [0.29, 0.717) is 0 Å². The summed E-state index contributed by atoms with van der Waals surface area (Å²) >= 11 is 0. The molecule has 4 N–H and O–H groups in total. The molecule has 1 aromatic rings. The predicted octanol–water partition coefficient (Wildman–Crippen LogP) is 1.73. The van der Waals surface area contributed by atoms with Crippen molar-refractivity contribution >= 4 is 17.2 Å². The molecule has 1 saturated heterocycles. The lowest BCUT2D eigenvalue weighted by molar-refractivity contribution is 0.420. The fourth-order valence-electron chi connectivity index (χ4n) is 2.70. The zero-order valence-electron chi connectivity index (χ0n) is 13.5. The highest BCUT2D eigenvalue weighted by Crippen LogP contribution is 2.25. The van der Waals surface area contributed by atoms with Crippen molar-refractivity contribution in [2.24, 2.45) is 4.99 Å². The molecule has 0 unspecified atom stereocenters. The second kappa shape index (κ2) is 6.59. The first-order valence-corrected chi connectivity index (χ1v) is 7.70. The van der Waals surface area contributed by atoms with E-state index in [9.17, 15) is 0 Å². The van der Waals surface area contributed by atoms with E-state index in [1.54, 1.807) is 6.92 Å². The molecule has 0 spiro atoms. The zero-order valence-corrected chi connectivity index (χ0v) is 13.5. The standard InChI is InChI=1S/C18H21N5/c1-3-8-21-18-16(13(2)23-10-9-20-12-23)11-17(22-18)14-4-6-15(19)7-5-14/h4-7,11,20H,9-10,12,19H2,1-2H3,(H,21,22)/b16-13+. The largest absolute Gasteiger partial charge is 0.399 e. The van der Waals surface area contributed by atoms with E-state index >= 15 is 0 Å². The highest BCUT2D eigenvalue weighted by Gasteiger charge is 2.23. The maximum Gasteiger partial charge on any atom is 0.149 e. The number of aliphatic imine (C=N–C) groups is 1. The van der Waals surface area contributed by atoms with Gasteiger partial charge in [-0.1, -0.05) is 18.1 Å². The highest BCUT2D eigenvalue weighted by atomic mass is 15.3. The first kappa shape index (κ1) is 15.2. The molecule has 5 heteroatoms. The van der Waals surface area contributed by atoms with Crippen LogP contribution < -0.4 is 16.4 Å². The second-order valence-electron chi connectivity index (χ2n) is 5.55. The average Bonchev–Trinajstić information content (AvgIpc) is 3.23. The van der Waals surface area contributed by atoms with Gasteiger partial charge in [-0.3, -0.25) is 5.32 Å². The van der Waals surface area contributed by atoms with Gasteiger partial charge in [-0.05, 0) is 37.6 Å². The summed E-state index contributed by atoms with van der Waals surface area (Å²) < 4.78 is 0.